The number of rotatable bonds is 6. The predicted molar refractivity (Wildman–Crippen MR) is 84.3 cm³/mol. The van der Waals surface area contributed by atoms with Gasteiger partial charge in [-0.3, -0.25) is 0 Å². The third-order valence-corrected chi connectivity index (χ3v) is 2.76. The van der Waals surface area contributed by atoms with E-state index in [0.29, 0.717) is 19.5 Å². The molecular formula is C16H18BrNO2. The molecule has 106 valence electrons. The Hall–Kier alpha value is -1.73. The van der Waals surface area contributed by atoms with Crippen molar-refractivity contribution in [3.8, 4) is 11.8 Å². The van der Waals surface area contributed by atoms with Crippen LogP contribution in [-0.2, 0) is 11.3 Å². The van der Waals surface area contributed by atoms with Gasteiger partial charge in [0.25, 0.3) is 0 Å². The molecule has 0 aliphatic heterocycles. The van der Waals surface area contributed by atoms with E-state index >= 15 is 0 Å². The first-order chi connectivity index (χ1) is 9.63. The van der Waals surface area contributed by atoms with E-state index in [2.05, 4.69) is 34.3 Å². The number of carbonyl (C=O) groups excluding carboxylic acids is 1. The molecule has 0 fully saturated rings. The number of ether oxygens (including phenoxy) is 1. The van der Waals surface area contributed by atoms with Crippen LogP contribution in [0, 0.1) is 11.8 Å². The van der Waals surface area contributed by atoms with Crippen LogP contribution in [0.4, 0.5) is 4.79 Å². The lowest BCUT2D eigenvalue weighted by Gasteiger charge is -2.20. The van der Waals surface area contributed by atoms with Crippen molar-refractivity contribution in [2.45, 2.75) is 20.0 Å². The van der Waals surface area contributed by atoms with Gasteiger partial charge >= 0.3 is 6.09 Å². The molecule has 0 saturated carbocycles. The maximum absolute atomic E-state index is 12.0. The van der Waals surface area contributed by atoms with Crippen molar-refractivity contribution >= 4 is 22.0 Å². The van der Waals surface area contributed by atoms with Gasteiger partial charge in [-0.15, -0.1) is 11.8 Å². The lowest BCUT2D eigenvalue weighted by atomic mass is 10.2. The van der Waals surface area contributed by atoms with Crippen LogP contribution >= 0.6 is 15.9 Å². The van der Waals surface area contributed by atoms with Crippen LogP contribution in [0.25, 0.3) is 0 Å². The average Bonchev–Trinajstić information content (AvgIpc) is 2.44. The molecule has 1 amide bonds. The van der Waals surface area contributed by atoms with E-state index in [0.717, 1.165) is 10.0 Å². The van der Waals surface area contributed by atoms with Crippen LogP contribution in [0.5, 0.6) is 0 Å². The smallest absolute Gasteiger partial charge is 0.410 e. The number of amides is 1. The molecule has 0 N–H and O–H groups in total. The lowest BCUT2D eigenvalue weighted by molar-refractivity contribution is 0.101. The van der Waals surface area contributed by atoms with Gasteiger partial charge in [-0.25, -0.2) is 4.79 Å². The predicted octanol–water partition coefficient (Wildman–Crippen LogP) is 3.95. The van der Waals surface area contributed by atoms with Crippen LogP contribution in [0.1, 0.15) is 18.9 Å². The standard InChI is InChI=1S/C16H18BrNO2/c1-3-4-8-11-18(12-14(2)17)16(19)20-13-15-9-6-5-7-10-15/h5-7,9-10H,2,8,11-13H2,1H3. The van der Waals surface area contributed by atoms with Crippen molar-refractivity contribution in [2.75, 3.05) is 13.1 Å². The maximum atomic E-state index is 12.0. The van der Waals surface area contributed by atoms with E-state index in [1.54, 1.807) is 11.8 Å². The summed E-state index contributed by atoms with van der Waals surface area (Å²) in [5.41, 5.74) is 0.965. The Balaban J connectivity index is 2.52. The van der Waals surface area contributed by atoms with Gasteiger partial charge < -0.3 is 9.64 Å². The molecule has 0 aromatic heterocycles. The molecule has 0 spiro atoms. The second-order valence-electron chi connectivity index (χ2n) is 4.16. The fourth-order valence-electron chi connectivity index (χ4n) is 1.57. The first kappa shape index (κ1) is 16.3. The number of nitrogens with zero attached hydrogens (tertiary/aromatic N) is 1. The lowest BCUT2D eigenvalue weighted by Crippen LogP contribution is -2.33. The molecular weight excluding hydrogens is 318 g/mol. The van der Waals surface area contributed by atoms with E-state index in [-0.39, 0.29) is 12.7 Å². The number of hydrogen-bond acceptors (Lipinski definition) is 2. The number of halogens is 1. The Morgan fingerprint density at radius 2 is 2.10 bits per heavy atom. The van der Waals surface area contributed by atoms with Gasteiger partial charge in [-0.2, -0.15) is 0 Å². The number of carbonyl (C=O) groups is 1. The second-order valence-corrected chi connectivity index (χ2v) is 5.28. The topological polar surface area (TPSA) is 29.5 Å². The Kier molecular flexibility index (Phi) is 7.52. The number of hydrogen-bond donors (Lipinski definition) is 0. The molecule has 4 heteroatoms. The minimum Gasteiger partial charge on any atom is -0.445 e. The summed E-state index contributed by atoms with van der Waals surface area (Å²) in [6.07, 6.45) is 0.268. The molecule has 0 unspecified atom stereocenters. The van der Waals surface area contributed by atoms with E-state index in [4.69, 9.17) is 4.74 Å². The molecule has 0 radical (unpaired) electrons. The molecule has 20 heavy (non-hydrogen) atoms. The molecule has 0 aliphatic rings. The van der Waals surface area contributed by atoms with Gasteiger partial charge in [0.2, 0.25) is 0 Å². The van der Waals surface area contributed by atoms with Gasteiger partial charge in [0.15, 0.2) is 0 Å². The highest BCUT2D eigenvalue weighted by atomic mass is 79.9. The molecule has 0 aliphatic carbocycles. The van der Waals surface area contributed by atoms with E-state index < -0.39 is 0 Å². The van der Waals surface area contributed by atoms with Crippen LogP contribution in [0.15, 0.2) is 41.4 Å². The van der Waals surface area contributed by atoms with Crippen molar-refractivity contribution in [3.63, 3.8) is 0 Å². The summed E-state index contributed by atoms with van der Waals surface area (Å²) >= 11 is 3.27. The van der Waals surface area contributed by atoms with Crippen LogP contribution in [-0.4, -0.2) is 24.1 Å². The van der Waals surface area contributed by atoms with Crippen LogP contribution < -0.4 is 0 Å². The molecule has 0 heterocycles. The average molecular weight is 336 g/mol. The molecule has 0 bridgehead atoms. The van der Waals surface area contributed by atoms with Crippen LogP contribution in [0.2, 0.25) is 0 Å². The highest BCUT2D eigenvalue weighted by Gasteiger charge is 2.14. The molecule has 1 aromatic carbocycles. The zero-order valence-corrected chi connectivity index (χ0v) is 13.1. The fourth-order valence-corrected chi connectivity index (χ4v) is 1.87. The third-order valence-electron chi connectivity index (χ3n) is 2.51. The first-order valence-corrected chi connectivity index (χ1v) is 7.11. The molecule has 0 atom stereocenters. The van der Waals surface area contributed by atoms with Crippen molar-refractivity contribution < 1.29 is 9.53 Å². The summed E-state index contributed by atoms with van der Waals surface area (Å²) in [6.45, 7) is 6.75. The van der Waals surface area contributed by atoms with Crippen molar-refractivity contribution in [1.29, 1.82) is 0 Å². The second kappa shape index (κ2) is 9.22. The molecule has 3 nitrogen and oxygen atoms in total. The first-order valence-electron chi connectivity index (χ1n) is 6.32. The van der Waals surface area contributed by atoms with Crippen molar-refractivity contribution in [2.24, 2.45) is 0 Å². The zero-order chi connectivity index (χ0) is 14.8. The molecule has 0 saturated heterocycles. The molecule has 1 rings (SSSR count). The van der Waals surface area contributed by atoms with Crippen LogP contribution in [0.3, 0.4) is 0 Å². The Bertz CT molecular complexity index is 502. The highest BCUT2D eigenvalue weighted by molar-refractivity contribution is 9.11. The summed E-state index contributed by atoms with van der Waals surface area (Å²) in [5.74, 6) is 5.75. The largest absolute Gasteiger partial charge is 0.445 e. The third kappa shape index (κ3) is 6.44. The summed E-state index contributed by atoms with van der Waals surface area (Å²) in [7, 11) is 0. The fraction of sp³-hybridized carbons (Fsp3) is 0.312. The van der Waals surface area contributed by atoms with E-state index in [9.17, 15) is 4.79 Å². The Labute approximate surface area is 128 Å². The highest BCUT2D eigenvalue weighted by Crippen LogP contribution is 2.08. The minimum absolute atomic E-state index is 0.268. The summed E-state index contributed by atoms with van der Waals surface area (Å²) < 4.78 is 6.03. The summed E-state index contributed by atoms with van der Waals surface area (Å²) in [6, 6.07) is 9.60. The van der Waals surface area contributed by atoms with Gasteiger partial charge in [0.1, 0.15) is 6.61 Å². The maximum Gasteiger partial charge on any atom is 0.410 e. The zero-order valence-electron chi connectivity index (χ0n) is 11.6. The SMILES string of the molecule is C=C(Br)CN(CCC#CC)C(=O)OCc1ccccc1. The van der Waals surface area contributed by atoms with E-state index in [1.165, 1.54) is 0 Å². The van der Waals surface area contributed by atoms with Crippen molar-refractivity contribution in [1.82, 2.24) is 4.90 Å². The Morgan fingerprint density at radius 1 is 1.40 bits per heavy atom. The van der Waals surface area contributed by atoms with Gasteiger partial charge in [-0.1, -0.05) is 52.8 Å². The van der Waals surface area contributed by atoms with Gasteiger partial charge in [0.05, 0.1) is 6.54 Å². The normalized spacial score (nSPS) is 9.30. The van der Waals surface area contributed by atoms with Crippen molar-refractivity contribution in [3.05, 3.63) is 47.0 Å². The summed E-state index contributed by atoms with van der Waals surface area (Å²) in [4.78, 5) is 13.6. The van der Waals surface area contributed by atoms with E-state index in [1.807, 2.05) is 30.3 Å². The molecule has 1 aromatic rings. The van der Waals surface area contributed by atoms with Gasteiger partial charge in [0, 0.05) is 17.4 Å². The van der Waals surface area contributed by atoms with Gasteiger partial charge in [-0.05, 0) is 12.5 Å². The monoisotopic (exact) mass is 335 g/mol. The quantitative estimate of drug-likeness (QED) is 0.736. The summed E-state index contributed by atoms with van der Waals surface area (Å²) in [5, 5.41) is 0. The number of benzene rings is 1. The Morgan fingerprint density at radius 3 is 2.70 bits per heavy atom. The minimum atomic E-state index is -0.354.